The Morgan fingerprint density at radius 1 is 1.19 bits per heavy atom. The summed E-state index contributed by atoms with van der Waals surface area (Å²) in [6, 6.07) is 12.1. The number of fused-ring (bicyclic) bond motifs is 4. The van der Waals surface area contributed by atoms with Crippen LogP contribution in [0.3, 0.4) is 0 Å². The predicted octanol–water partition coefficient (Wildman–Crippen LogP) is 3.48. The molecule has 0 radical (unpaired) electrons. The Morgan fingerprint density at radius 2 is 1.94 bits per heavy atom. The van der Waals surface area contributed by atoms with Gasteiger partial charge in [0.2, 0.25) is 5.91 Å². The molecule has 3 unspecified atom stereocenters. The molecule has 2 saturated heterocycles. The van der Waals surface area contributed by atoms with E-state index < -0.39 is 5.82 Å². The second kappa shape index (κ2) is 9.61. The summed E-state index contributed by atoms with van der Waals surface area (Å²) in [7, 11) is 3.57. The summed E-state index contributed by atoms with van der Waals surface area (Å²) >= 11 is 0. The molecule has 3 amide bonds. The van der Waals surface area contributed by atoms with Gasteiger partial charge in [-0.25, -0.2) is 9.18 Å². The smallest absolute Gasteiger partial charge is 0.321 e. The fourth-order valence-corrected chi connectivity index (χ4v) is 6.46. The van der Waals surface area contributed by atoms with E-state index in [0.717, 1.165) is 24.3 Å². The molecule has 192 valence electrons. The second-order valence-corrected chi connectivity index (χ2v) is 10.1. The van der Waals surface area contributed by atoms with Gasteiger partial charge in [-0.3, -0.25) is 4.79 Å². The number of carbonyl (C=O) groups is 2. The summed E-state index contributed by atoms with van der Waals surface area (Å²) in [4.78, 5) is 29.5. The minimum absolute atomic E-state index is 0.00361. The highest BCUT2D eigenvalue weighted by Crippen LogP contribution is 2.56. The summed E-state index contributed by atoms with van der Waals surface area (Å²) in [6.45, 7) is 4.05. The quantitative estimate of drug-likeness (QED) is 0.605. The van der Waals surface area contributed by atoms with Crippen molar-refractivity contribution in [1.82, 2.24) is 15.1 Å². The van der Waals surface area contributed by atoms with Crippen LogP contribution in [0.5, 0.6) is 5.75 Å². The van der Waals surface area contributed by atoms with Gasteiger partial charge in [-0.1, -0.05) is 18.2 Å². The number of ether oxygens (including phenoxy) is 1. The van der Waals surface area contributed by atoms with Gasteiger partial charge >= 0.3 is 6.03 Å². The molecule has 3 aliphatic rings. The Hall–Kier alpha value is -3.33. The summed E-state index contributed by atoms with van der Waals surface area (Å²) in [5.74, 6) is 0.598. The lowest BCUT2D eigenvalue weighted by molar-refractivity contribution is -0.138. The molecule has 8 nitrogen and oxygen atoms in total. The topological polar surface area (TPSA) is 85.9 Å². The van der Waals surface area contributed by atoms with Gasteiger partial charge in [0.05, 0.1) is 24.9 Å². The van der Waals surface area contributed by atoms with Crippen molar-refractivity contribution in [2.75, 3.05) is 51.0 Å². The van der Waals surface area contributed by atoms with Crippen LogP contribution in [0.1, 0.15) is 31.2 Å². The van der Waals surface area contributed by atoms with Crippen LogP contribution in [-0.2, 0) is 4.79 Å². The van der Waals surface area contributed by atoms with Crippen molar-refractivity contribution >= 4 is 23.3 Å². The number of rotatable bonds is 4. The summed E-state index contributed by atoms with van der Waals surface area (Å²) in [6.07, 6.45) is 1.50. The summed E-state index contributed by atoms with van der Waals surface area (Å²) in [5, 5.41) is 9.71. The average molecular weight is 496 g/mol. The lowest BCUT2D eigenvalue weighted by Gasteiger charge is -2.56. The number of methoxy groups -OCH3 is 1. The van der Waals surface area contributed by atoms with Crippen molar-refractivity contribution < 1.29 is 18.7 Å². The van der Waals surface area contributed by atoms with Gasteiger partial charge in [0.15, 0.2) is 0 Å². The molecule has 0 aliphatic carbocycles. The Kier molecular flexibility index (Phi) is 6.51. The monoisotopic (exact) mass is 495 g/mol. The highest BCUT2D eigenvalue weighted by Gasteiger charge is 2.57. The number of amides is 3. The molecule has 5 rings (SSSR count). The molecule has 1 spiro atoms. The zero-order chi connectivity index (χ0) is 25.4. The Labute approximate surface area is 211 Å². The number of carbonyl (C=O) groups excluding carboxylic acids is 2. The molecule has 2 fully saturated rings. The van der Waals surface area contributed by atoms with E-state index in [1.54, 1.807) is 37.1 Å². The lowest BCUT2D eigenvalue weighted by Crippen LogP contribution is -2.66. The van der Waals surface area contributed by atoms with Crippen LogP contribution in [0.4, 0.5) is 20.6 Å². The molecule has 0 saturated carbocycles. The standard InChI is InChI=1S/C27H34FN5O3/c1-17(34)33-16-27(10-12-32(13-11-27)26(35)31-21-7-5-4-6-20(21)28)24-19-9-8-18(36-3)14-22(19)30-25(24)23(33)15-29-2/h4-9,14,23-25,29-30H,10-13,15-16H2,1-3H3,(H,31,35). The first-order valence-electron chi connectivity index (χ1n) is 12.5. The number of urea groups is 1. The van der Waals surface area contributed by atoms with E-state index in [-0.39, 0.29) is 41.0 Å². The molecular formula is C27H34FN5O3. The molecule has 3 heterocycles. The van der Waals surface area contributed by atoms with Crippen LogP contribution >= 0.6 is 0 Å². The second-order valence-electron chi connectivity index (χ2n) is 10.1. The van der Waals surface area contributed by atoms with Gasteiger partial charge in [-0.15, -0.1) is 0 Å². The highest BCUT2D eigenvalue weighted by molar-refractivity contribution is 5.89. The molecule has 3 N–H and O–H groups in total. The number of nitrogens with zero attached hydrogens (tertiary/aromatic N) is 2. The van der Waals surface area contributed by atoms with Crippen molar-refractivity contribution in [2.24, 2.45) is 5.41 Å². The Balaban J connectivity index is 1.42. The van der Waals surface area contributed by atoms with Crippen LogP contribution < -0.4 is 20.7 Å². The first-order chi connectivity index (χ1) is 17.4. The number of hydrogen-bond acceptors (Lipinski definition) is 5. The van der Waals surface area contributed by atoms with E-state index in [4.69, 9.17) is 4.74 Å². The molecular weight excluding hydrogens is 461 g/mol. The predicted molar refractivity (Wildman–Crippen MR) is 137 cm³/mol. The third-order valence-electron chi connectivity index (χ3n) is 8.22. The summed E-state index contributed by atoms with van der Waals surface area (Å²) in [5.41, 5.74) is 2.30. The lowest BCUT2D eigenvalue weighted by atomic mass is 9.60. The molecule has 0 bridgehead atoms. The van der Waals surface area contributed by atoms with Gasteiger partial charge in [-0.05, 0) is 43.7 Å². The number of nitrogens with one attached hydrogen (secondary N) is 3. The molecule has 36 heavy (non-hydrogen) atoms. The van der Waals surface area contributed by atoms with E-state index in [1.165, 1.54) is 11.6 Å². The van der Waals surface area contributed by atoms with E-state index >= 15 is 0 Å². The number of anilines is 2. The molecule has 9 heteroatoms. The minimum atomic E-state index is -0.453. The van der Waals surface area contributed by atoms with Crippen LogP contribution in [0, 0.1) is 11.2 Å². The van der Waals surface area contributed by atoms with Crippen molar-refractivity contribution in [2.45, 2.75) is 37.8 Å². The molecule has 2 aromatic carbocycles. The van der Waals surface area contributed by atoms with E-state index in [2.05, 4.69) is 22.0 Å². The Morgan fingerprint density at radius 3 is 2.61 bits per heavy atom. The van der Waals surface area contributed by atoms with Gasteiger partial charge in [0, 0.05) is 56.2 Å². The molecule has 0 aromatic heterocycles. The first kappa shape index (κ1) is 24.4. The van der Waals surface area contributed by atoms with E-state index in [1.807, 2.05) is 24.1 Å². The van der Waals surface area contributed by atoms with Gasteiger partial charge < -0.3 is 30.5 Å². The first-order valence-corrected chi connectivity index (χ1v) is 12.5. The normalized spacial score (nSPS) is 24.1. The molecule has 2 aromatic rings. The van der Waals surface area contributed by atoms with Crippen LogP contribution in [-0.4, -0.2) is 74.2 Å². The Bertz CT molecular complexity index is 1150. The number of hydrogen-bond donors (Lipinski definition) is 3. The van der Waals surface area contributed by atoms with E-state index in [0.29, 0.717) is 26.2 Å². The van der Waals surface area contributed by atoms with Crippen molar-refractivity contribution in [3.05, 3.63) is 53.8 Å². The largest absolute Gasteiger partial charge is 0.497 e. The fourth-order valence-electron chi connectivity index (χ4n) is 6.46. The molecule has 3 atom stereocenters. The van der Waals surface area contributed by atoms with Gasteiger partial charge in [0.25, 0.3) is 0 Å². The fraction of sp³-hybridized carbons (Fsp3) is 0.481. The van der Waals surface area contributed by atoms with Crippen LogP contribution in [0.25, 0.3) is 0 Å². The maximum atomic E-state index is 14.1. The molecule has 3 aliphatic heterocycles. The van der Waals surface area contributed by atoms with E-state index in [9.17, 15) is 14.0 Å². The SMILES string of the molecule is CNCC1C2Nc3cc(OC)ccc3C2C2(CCN(C(=O)Nc3ccccc3F)CC2)CN1C(C)=O. The van der Waals surface area contributed by atoms with Gasteiger partial charge in [-0.2, -0.15) is 0 Å². The maximum absolute atomic E-state index is 14.1. The average Bonchev–Trinajstić information content (AvgIpc) is 3.27. The highest BCUT2D eigenvalue weighted by atomic mass is 19.1. The number of halogens is 1. The number of piperidine rings is 2. The zero-order valence-corrected chi connectivity index (χ0v) is 21.0. The number of para-hydroxylation sites is 1. The summed E-state index contributed by atoms with van der Waals surface area (Å²) < 4.78 is 19.5. The number of benzene rings is 2. The number of likely N-dealkylation sites (tertiary alicyclic amines) is 2. The maximum Gasteiger partial charge on any atom is 0.321 e. The van der Waals surface area contributed by atoms with Crippen molar-refractivity contribution in [3.8, 4) is 5.75 Å². The minimum Gasteiger partial charge on any atom is -0.497 e. The number of likely N-dealkylation sites (N-methyl/N-ethyl adjacent to an activating group) is 1. The van der Waals surface area contributed by atoms with Crippen molar-refractivity contribution in [3.63, 3.8) is 0 Å². The van der Waals surface area contributed by atoms with Crippen LogP contribution in [0.2, 0.25) is 0 Å². The third-order valence-corrected chi connectivity index (χ3v) is 8.22. The van der Waals surface area contributed by atoms with Crippen LogP contribution in [0.15, 0.2) is 42.5 Å². The van der Waals surface area contributed by atoms with Gasteiger partial charge in [0.1, 0.15) is 11.6 Å². The van der Waals surface area contributed by atoms with Crippen molar-refractivity contribution in [1.29, 1.82) is 0 Å². The zero-order valence-electron chi connectivity index (χ0n) is 21.0. The third kappa shape index (κ3) is 4.15.